The maximum absolute atomic E-state index is 13.3. The molecule has 0 bridgehead atoms. The molecule has 0 saturated heterocycles. The fourth-order valence-corrected chi connectivity index (χ4v) is 20.6. The van der Waals surface area contributed by atoms with Gasteiger partial charge >= 0.3 is 11.9 Å². The number of benzene rings is 3. The summed E-state index contributed by atoms with van der Waals surface area (Å²) in [5, 5.41) is 15.2. The van der Waals surface area contributed by atoms with Gasteiger partial charge in [-0.25, -0.2) is 0 Å². The smallest absolute Gasteiger partial charge is 0.309 e. The zero-order valence-corrected chi connectivity index (χ0v) is 39.7. The van der Waals surface area contributed by atoms with Gasteiger partial charge in [0, 0.05) is 12.3 Å². The van der Waals surface area contributed by atoms with E-state index in [1.165, 1.54) is 28.8 Å². The van der Waals surface area contributed by atoms with Crippen molar-refractivity contribution in [1.29, 1.82) is 0 Å². The van der Waals surface area contributed by atoms with Crippen molar-refractivity contribution in [2.75, 3.05) is 6.16 Å². The highest BCUT2D eigenvalue weighted by Gasteiger charge is 2.73. The first kappa shape index (κ1) is 44.6. The first-order valence-electron chi connectivity index (χ1n) is 23.0. The summed E-state index contributed by atoms with van der Waals surface area (Å²) in [6.07, 6.45) is 12.6. The molecule has 4 nitrogen and oxygen atoms in total. The Morgan fingerprint density at radius 1 is 0.729 bits per heavy atom. The number of aliphatic carboxylic acids is 1. The van der Waals surface area contributed by atoms with Gasteiger partial charge in [-0.1, -0.05) is 103 Å². The molecule has 0 radical (unpaired) electrons. The van der Waals surface area contributed by atoms with Crippen molar-refractivity contribution in [2.45, 2.75) is 132 Å². The predicted molar refractivity (Wildman–Crippen MR) is 240 cm³/mol. The SMILES string of the molecule is CC(=O)O[C@H]1[C@@H](CCC[P+](c2ccccc2)(c2ccccc2)c2ccccc2)C[C@]2(C)[C@H]3CC[C@@H]4[C@H]5[C@H](C(C)C)CC[C@]5(C(=O)O)CC[C@@]4(C)[C@]3(C)CC[C@H]2C1(C)C.[Br-]. The lowest BCUT2D eigenvalue weighted by atomic mass is 9.31. The van der Waals surface area contributed by atoms with Gasteiger partial charge in [0.1, 0.15) is 29.3 Å². The van der Waals surface area contributed by atoms with Crippen LogP contribution in [-0.2, 0) is 14.3 Å². The van der Waals surface area contributed by atoms with Gasteiger partial charge in [0.2, 0.25) is 0 Å². The van der Waals surface area contributed by atoms with Gasteiger partial charge in [-0.2, -0.15) is 0 Å². The standard InChI is InChI=1S/C53H71O4P.BrH/c1-36(2)42-28-31-53(48(55)56)33-32-51(7)43(46(42)53)26-27-45-50(6)35-38(47(57-37(3)54)49(4,5)44(50)29-30-52(45,51)8)19-18-34-58(39-20-12-9-13-21-39,40-22-14-10-15-23-40)41-24-16-11-17-25-41;/h9-17,20-25,36,38,42-47H,18-19,26-35H2,1-8H3;1H/t38-,42-,43+,44-,45+,46+,47-,50-,51+,52+,53-;/m0./s1. The lowest BCUT2D eigenvalue weighted by Crippen LogP contribution is -3.00. The minimum atomic E-state index is -1.99. The molecule has 11 atom stereocenters. The van der Waals surface area contributed by atoms with E-state index in [9.17, 15) is 14.7 Å². The van der Waals surface area contributed by atoms with E-state index in [1.807, 2.05) is 0 Å². The van der Waals surface area contributed by atoms with Gasteiger partial charge in [-0.05, 0) is 165 Å². The van der Waals surface area contributed by atoms with Gasteiger partial charge in [0.05, 0.1) is 11.6 Å². The lowest BCUT2D eigenvalue weighted by molar-refractivity contribution is -0.261. The Kier molecular flexibility index (Phi) is 12.3. The third-order valence-electron chi connectivity index (χ3n) is 18.7. The van der Waals surface area contributed by atoms with Crippen LogP contribution in [0.1, 0.15) is 126 Å². The van der Waals surface area contributed by atoms with Crippen LogP contribution in [0.3, 0.4) is 0 Å². The van der Waals surface area contributed by atoms with Crippen molar-refractivity contribution in [3.05, 3.63) is 91.0 Å². The van der Waals surface area contributed by atoms with E-state index >= 15 is 0 Å². The summed E-state index contributed by atoms with van der Waals surface area (Å²) in [5.74, 6) is 2.35. The van der Waals surface area contributed by atoms with Crippen LogP contribution < -0.4 is 32.9 Å². The number of fused-ring (bicyclic) bond motifs is 7. The number of halogens is 1. The van der Waals surface area contributed by atoms with Gasteiger partial charge in [0.25, 0.3) is 0 Å². The molecule has 0 spiro atoms. The van der Waals surface area contributed by atoms with E-state index in [4.69, 9.17) is 4.74 Å². The molecule has 0 aromatic heterocycles. The summed E-state index contributed by atoms with van der Waals surface area (Å²) in [6.45, 7) is 19.1. The van der Waals surface area contributed by atoms with Gasteiger partial charge in [-0.3, -0.25) is 9.59 Å². The molecule has 0 amide bonds. The predicted octanol–water partition coefficient (Wildman–Crippen LogP) is 8.74. The van der Waals surface area contributed by atoms with E-state index in [1.54, 1.807) is 6.92 Å². The van der Waals surface area contributed by atoms with Crippen LogP contribution in [0.2, 0.25) is 0 Å². The number of carboxylic acid groups (broad SMARTS) is 1. The summed E-state index contributed by atoms with van der Waals surface area (Å²) in [4.78, 5) is 26.3. The zero-order chi connectivity index (χ0) is 41.3. The topological polar surface area (TPSA) is 63.6 Å². The third-order valence-corrected chi connectivity index (χ3v) is 23.3. The number of ether oxygens (including phenoxy) is 1. The van der Waals surface area contributed by atoms with Crippen LogP contribution in [-0.4, -0.2) is 29.3 Å². The van der Waals surface area contributed by atoms with E-state index in [0.717, 1.165) is 63.9 Å². The molecule has 1 N–H and O–H groups in total. The first-order chi connectivity index (χ1) is 27.6. The summed E-state index contributed by atoms with van der Waals surface area (Å²) < 4.78 is 6.55. The molecule has 6 heteroatoms. The van der Waals surface area contributed by atoms with Crippen molar-refractivity contribution in [2.24, 2.45) is 68.5 Å². The highest BCUT2D eigenvalue weighted by atomic mass is 79.9. The van der Waals surface area contributed by atoms with Crippen molar-refractivity contribution in [3.8, 4) is 0 Å². The highest BCUT2D eigenvalue weighted by molar-refractivity contribution is 7.95. The molecule has 320 valence electrons. The van der Waals surface area contributed by atoms with Gasteiger partial charge in [-0.15, -0.1) is 0 Å². The molecule has 5 aliphatic carbocycles. The second-order valence-corrected chi connectivity index (χ2v) is 25.2. The monoisotopic (exact) mass is 882 g/mol. The molecular formula is C53H72BrO4P. The Bertz CT molecular complexity index is 1850. The molecule has 59 heavy (non-hydrogen) atoms. The zero-order valence-electron chi connectivity index (χ0n) is 37.3. The van der Waals surface area contributed by atoms with Crippen molar-refractivity contribution in [1.82, 2.24) is 0 Å². The minimum absolute atomic E-state index is 0. The molecule has 0 heterocycles. The Morgan fingerprint density at radius 3 is 1.80 bits per heavy atom. The van der Waals surface area contributed by atoms with Crippen LogP contribution in [0, 0.1) is 68.5 Å². The average Bonchev–Trinajstić information content (AvgIpc) is 3.61. The summed E-state index contributed by atoms with van der Waals surface area (Å²) in [6, 6.07) is 33.8. The van der Waals surface area contributed by atoms with Gasteiger partial charge < -0.3 is 26.8 Å². The summed E-state index contributed by atoms with van der Waals surface area (Å²) >= 11 is 0. The number of hydrogen-bond acceptors (Lipinski definition) is 3. The second-order valence-electron chi connectivity index (χ2n) is 21.6. The molecule has 5 saturated carbocycles. The molecule has 5 aliphatic rings. The van der Waals surface area contributed by atoms with Crippen LogP contribution in [0.25, 0.3) is 0 Å². The molecule has 3 aromatic rings. The van der Waals surface area contributed by atoms with E-state index in [2.05, 4.69) is 139 Å². The fraction of sp³-hybridized carbons (Fsp3) is 0.623. The Hall–Kier alpha value is -2.49. The quantitative estimate of drug-likeness (QED) is 0.164. The normalized spacial score (nSPS) is 37.2. The molecule has 8 rings (SSSR count). The number of carbonyl (C=O) groups is 2. The number of carboxylic acids is 1. The number of esters is 1. The number of carbonyl (C=O) groups excluding carboxylic acids is 1. The van der Waals surface area contributed by atoms with Gasteiger partial charge in [0.15, 0.2) is 0 Å². The Morgan fingerprint density at radius 2 is 1.29 bits per heavy atom. The van der Waals surface area contributed by atoms with Crippen LogP contribution in [0.15, 0.2) is 91.0 Å². The van der Waals surface area contributed by atoms with Crippen LogP contribution in [0.5, 0.6) is 0 Å². The van der Waals surface area contributed by atoms with E-state index in [-0.39, 0.29) is 62.6 Å². The Labute approximate surface area is 367 Å². The molecular weight excluding hydrogens is 811 g/mol. The van der Waals surface area contributed by atoms with Crippen molar-refractivity contribution >= 4 is 35.1 Å². The number of rotatable bonds is 10. The van der Waals surface area contributed by atoms with Crippen LogP contribution >= 0.6 is 7.26 Å². The third kappa shape index (κ3) is 6.83. The van der Waals surface area contributed by atoms with Crippen molar-refractivity contribution < 1.29 is 36.4 Å². The first-order valence-corrected chi connectivity index (χ1v) is 25.0. The summed E-state index contributed by atoms with van der Waals surface area (Å²) in [5.41, 5.74) is -0.353. The van der Waals surface area contributed by atoms with E-state index < -0.39 is 18.6 Å². The number of hydrogen-bond donors (Lipinski definition) is 1. The highest BCUT2D eigenvalue weighted by Crippen LogP contribution is 2.78. The minimum Gasteiger partial charge on any atom is -1.00 e. The molecule has 0 unspecified atom stereocenters. The maximum atomic E-state index is 13.3. The fourth-order valence-electron chi connectivity index (χ4n) is 16.3. The Balaban J connectivity index is 0.00000528. The maximum Gasteiger partial charge on any atom is 0.309 e. The van der Waals surface area contributed by atoms with E-state index in [0.29, 0.717) is 29.6 Å². The van der Waals surface area contributed by atoms with Crippen molar-refractivity contribution in [3.63, 3.8) is 0 Å². The molecule has 0 aliphatic heterocycles. The molecule has 5 fully saturated rings. The van der Waals surface area contributed by atoms with Crippen LogP contribution in [0.4, 0.5) is 0 Å². The lowest BCUT2D eigenvalue weighted by Gasteiger charge is -2.73. The second kappa shape index (κ2) is 16.3. The average molecular weight is 884 g/mol. The molecule has 3 aromatic carbocycles. The largest absolute Gasteiger partial charge is 1.00 e. The summed E-state index contributed by atoms with van der Waals surface area (Å²) in [7, 11) is -1.99.